The summed E-state index contributed by atoms with van der Waals surface area (Å²) in [4.78, 5) is 2.51. The smallest absolute Gasteiger partial charge is 0.176 e. The molecule has 5 rings (SSSR count). The van der Waals surface area contributed by atoms with Crippen molar-refractivity contribution in [1.29, 1.82) is 0 Å². The maximum atomic E-state index is 6.26. The fourth-order valence-electron chi connectivity index (χ4n) is 4.69. The second kappa shape index (κ2) is 9.20. The van der Waals surface area contributed by atoms with Crippen molar-refractivity contribution in [3.05, 3.63) is 77.4 Å². The van der Waals surface area contributed by atoms with Gasteiger partial charge in [0.05, 0.1) is 21.3 Å². The Kier molecular flexibility index (Phi) is 5.97. The zero-order valence-corrected chi connectivity index (χ0v) is 19.4. The number of hydrogen-bond acceptors (Lipinski definition) is 5. The summed E-state index contributed by atoms with van der Waals surface area (Å²) >= 11 is 0. The number of benzene rings is 3. The summed E-state index contributed by atoms with van der Waals surface area (Å²) in [6.07, 6.45) is 1.96. The highest BCUT2D eigenvalue weighted by Gasteiger charge is 2.20. The molecular weight excluding hydrogens is 414 g/mol. The van der Waals surface area contributed by atoms with Gasteiger partial charge in [0.15, 0.2) is 22.8 Å². The average Bonchev–Trinajstić information content (AvgIpc) is 3.23. The van der Waals surface area contributed by atoms with E-state index >= 15 is 0 Å². The fourth-order valence-corrected chi connectivity index (χ4v) is 4.69. The molecule has 0 spiro atoms. The Morgan fingerprint density at radius 1 is 0.758 bits per heavy atom. The van der Waals surface area contributed by atoms with Gasteiger partial charge < -0.3 is 18.6 Å². The van der Waals surface area contributed by atoms with E-state index in [-0.39, 0.29) is 0 Å². The van der Waals surface area contributed by atoms with Gasteiger partial charge in [-0.05, 0) is 53.8 Å². The van der Waals surface area contributed by atoms with Crippen LogP contribution in [0.1, 0.15) is 16.7 Å². The molecule has 170 valence electrons. The SMILES string of the molecule is COc1cc2c(cc1OC)CCN(Cc1ccc(OC)c3oc(-c4ccccc4)cc13)CC2. The van der Waals surface area contributed by atoms with Crippen molar-refractivity contribution in [1.82, 2.24) is 4.90 Å². The Labute approximate surface area is 194 Å². The number of ether oxygens (including phenoxy) is 3. The molecule has 5 heteroatoms. The van der Waals surface area contributed by atoms with E-state index in [0.717, 1.165) is 72.0 Å². The van der Waals surface area contributed by atoms with Gasteiger partial charge in [-0.1, -0.05) is 36.4 Å². The first-order chi connectivity index (χ1) is 16.2. The fraction of sp³-hybridized carbons (Fsp3) is 0.286. The summed E-state index contributed by atoms with van der Waals surface area (Å²) in [5, 5.41) is 1.11. The number of nitrogens with zero attached hydrogens (tertiary/aromatic N) is 1. The van der Waals surface area contributed by atoms with Crippen molar-refractivity contribution in [2.45, 2.75) is 19.4 Å². The van der Waals surface area contributed by atoms with E-state index in [2.05, 4.69) is 41.3 Å². The average molecular weight is 444 g/mol. The molecule has 0 saturated heterocycles. The molecule has 0 atom stereocenters. The number of rotatable bonds is 6. The van der Waals surface area contributed by atoms with Crippen LogP contribution in [-0.2, 0) is 19.4 Å². The van der Waals surface area contributed by atoms with Crippen LogP contribution in [0.25, 0.3) is 22.3 Å². The minimum absolute atomic E-state index is 0.762. The van der Waals surface area contributed by atoms with Crippen molar-refractivity contribution in [2.75, 3.05) is 34.4 Å². The Morgan fingerprint density at radius 3 is 2.00 bits per heavy atom. The number of fused-ring (bicyclic) bond motifs is 2. The molecule has 4 aromatic rings. The van der Waals surface area contributed by atoms with Gasteiger partial charge in [0.1, 0.15) is 5.76 Å². The summed E-state index contributed by atoms with van der Waals surface area (Å²) in [6.45, 7) is 2.83. The second-order valence-corrected chi connectivity index (χ2v) is 8.40. The second-order valence-electron chi connectivity index (χ2n) is 8.40. The zero-order valence-electron chi connectivity index (χ0n) is 19.4. The van der Waals surface area contributed by atoms with Crippen LogP contribution in [0.4, 0.5) is 0 Å². The monoisotopic (exact) mass is 443 g/mol. The highest BCUT2D eigenvalue weighted by molar-refractivity contribution is 5.90. The lowest BCUT2D eigenvalue weighted by molar-refractivity contribution is 0.280. The van der Waals surface area contributed by atoms with Crippen molar-refractivity contribution in [3.8, 4) is 28.6 Å². The standard InChI is InChI=1S/C28H29NO4/c1-30-24-10-9-22(23-17-25(33-28(23)24)19-7-5-4-6-8-19)18-29-13-11-20-15-26(31-2)27(32-3)16-21(20)12-14-29/h4-10,15-17H,11-14,18H2,1-3H3. The van der Waals surface area contributed by atoms with E-state index in [0.29, 0.717) is 0 Å². The minimum atomic E-state index is 0.762. The van der Waals surface area contributed by atoms with Crippen LogP contribution in [0.3, 0.4) is 0 Å². The highest BCUT2D eigenvalue weighted by Crippen LogP contribution is 2.37. The summed E-state index contributed by atoms with van der Waals surface area (Å²) in [5.41, 5.74) is 5.79. The van der Waals surface area contributed by atoms with Gasteiger partial charge in [0, 0.05) is 30.6 Å². The molecule has 2 heterocycles. The maximum Gasteiger partial charge on any atom is 0.176 e. The quantitative estimate of drug-likeness (QED) is 0.381. The van der Waals surface area contributed by atoms with E-state index in [1.807, 2.05) is 24.3 Å². The highest BCUT2D eigenvalue weighted by atomic mass is 16.5. The molecule has 0 amide bonds. The van der Waals surface area contributed by atoms with Gasteiger partial charge in [-0.3, -0.25) is 4.90 Å². The van der Waals surface area contributed by atoms with Gasteiger partial charge in [0.2, 0.25) is 0 Å². The summed E-state index contributed by atoms with van der Waals surface area (Å²) in [7, 11) is 5.07. The summed E-state index contributed by atoms with van der Waals surface area (Å²) in [6, 6.07) is 20.8. The van der Waals surface area contributed by atoms with Gasteiger partial charge in [0.25, 0.3) is 0 Å². The molecule has 1 aliphatic rings. The van der Waals surface area contributed by atoms with Crippen LogP contribution in [-0.4, -0.2) is 39.3 Å². The molecule has 0 radical (unpaired) electrons. The molecule has 0 fully saturated rings. The number of hydrogen-bond donors (Lipinski definition) is 0. The summed E-state index contributed by atoms with van der Waals surface area (Å²) < 4.78 is 22.9. The molecule has 5 nitrogen and oxygen atoms in total. The molecule has 1 aromatic heterocycles. The minimum Gasteiger partial charge on any atom is -0.493 e. The van der Waals surface area contributed by atoms with Crippen molar-refractivity contribution in [2.24, 2.45) is 0 Å². The Balaban J connectivity index is 1.43. The maximum absolute atomic E-state index is 6.26. The Bertz CT molecular complexity index is 1230. The van der Waals surface area contributed by atoms with Crippen molar-refractivity contribution in [3.63, 3.8) is 0 Å². The molecule has 0 N–H and O–H groups in total. The van der Waals surface area contributed by atoms with Gasteiger partial charge in [-0.15, -0.1) is 0 Å². The molecule has 0 saturated carbocycles. The molecule has 33 heavy (non-hydrogen) atoms. The molecule has 0 aliphatic carbocycles. The molecular formula is C28H29NO4. The van der Waals surface area contributed by atoms with Crippen molar-refractivity contribution < 1.29 is 18.6 Å². The number of furan rings is 1. The first kappa shape index (κ1) is 21.4. The topological polar surface area (TPSA) is 44.1 Å². The van der Waals surface area contributed by atoms with Crippen LogP contribution < -0.4 is 14.2 Å². The first-order valence-corrected chi connectivity index (χ1v) is 11.3. The third-order valence-electron chi connectivity index (χ3n) is 6.51. The lowest BCUT2D eigenvalue weighted by atomic mass is 10.0. The number of methoxy groups -OCH3 is 3. The molecule has 0 unspecified atom stereocenters. The third-order valence-corrected chi connectivity index (χ3v) is 6.51. The first-order valence-electron chi connectivity index (χ1n) is 11.3. The lowest BCUT2D eigenvalue weighted by Crippen LogP contribution is -2.26. The normalized spacial score (nSPS) is 14.0. The largest absolute Gasteiger partial charge is 0.493 e. The third kappa shape index (κ3) is 4.16. The molecule has 3 aromatic carbocycles. The lowest BCUT2D eigenvalue weighted by Gasteiger charge is -2.20. The Hall–Kier alpha value is -3.44. The van der Waals surface area contributed by atoms with E-state index in [1.54, 1.807) is 21.3 Å². The van der Waals surface area contributed by atoms with Crippen LogP contribution in [0.15, 0.2) is 65.1 Å². The van der Waals surface area contributed by atoms with Gasteiger partial charge in [-0.2, -0.15) is 0 Å². The molecule has 0 bridgehead atoms. The predicted octanol–water partition coefficient (Wildman–Crippen LogP) is 5.73. The van der Waals surface area contributed by atoms with E-state index in [4.69, 9.17) is 18.6 Å². The van der Waals surface area contributed by atoms with Crippen molar-refractivity contribution >= 4 is 11.0 Å². The van der Waals surface area contributed by atoms with Crippen LogP contribution in [0.5, 0.6) is 17.2 Å². The van der Waals surface area contributed by atoms with E-state index < -0.39 is 0 Å². The Morgan fingerprint density at radius 2 is 1.39 bits per heavy atom. The van der Waals surface area contributed by atoms with Crippen LogP contribution in [0, 0.1) is 0 Å². The van der Waals surface area contributed by atoms with Gasteiger partial charge >= 0.3 is 0 Å². The van der Waals surface area contributed by atoms with Crippen LogP contribution >= 0.6 is 0 Å². The summed E-state index contributed by atoms with van der Waals surface area (Å²) in [5.74, 6) is 3.22. The van der Waals surface area contributed by atoms with E-state index in [9.17, 15) is 0 Å². The predicted molar refractivity (Wildman–Crippen MR) is 130 cm³/mol. The zero-order chi connectivity index (χ0) is 22.8. The molecule has 1 aliphatic heterocycles. The van der Waals surface area contributed by atoms with Crippen LogP contribution in [0.2, 0.25) is 0 Å². The van der Waals surface area contributed by atoms with E-state index in [1.165, 1.54) is 16.7 Å². The van der Waals surface area contributed by atoms with Gasteiger partial charge in [-0.25, -0.2) is 0 Å².